The third-order valence-electron chi connectivity index (χ3n) is 5.58. The Morgan fingerprint density at radius 3 is 2.42 bits per heavy atom. The summed E-state index contributed by atoms with van der Waals surface area (Å²) >= 11 is 0. The Labute approximate surface area is 162 Å². The van der Waals surface area contributed by atoms with Crippen LogP contribution in [0, 0.1) is 5.41 Å². The molecule has 0 radical (unpaired) electrons. The topological polar surface area (TPSA) is 83.7 Å². The molecule has 2 heterocycles. The molecule has 1 aromatic carbocycles. The number of carbonyl (C=O) groups is 1. The van der Waals surface area contributed by atoms with Crippen LogP contribution in [-0.2, 0) is 27.7 Å². The first-order valence-corrected chi connectivity index (χ1v) is 10.3. The fraction of sp³-hybridized carbons (Fsp3) is 0.611. The van der Waals surface area contributed by atoms with Gasteiger partial charge in [-0.15, -0.1) is 12.4 Å². The molecule has 2 aliphatic heterocycles. The third kappa shape index (κ3) is 4.06. The number of hydrogen-bond acceptors (Lipinski definition) is 4. The summed E-state index contributed by atoms with van der Waals surface area (Å²) in [7, 11) is -3.50. The predicted molar refractivity (Wildman–Crippen MR) is 104 cm³/mol. The monoisotopic (exact) mass is 401 g/mol. The van der Waals surface area contributed by atoms with Crippen molar-refractivity contribution in [3.63, 3.8) is 0 Å². The van der Waals surface area contributed by atoms with E-state index in [1.807, 2.05) is 17.9 Å². The minimum atomic E-state index is -3.50. The van der Waals surface area contributed by atoms with Crippen LogP contribution in [0.25, 0.3) is 0 Å². The van der Waals surface area contributed by atoms with Gasteiger partial charge < -0.3 is 10.6 Å². The van der Waals surface area contributed by atoms with Gasteiger partial charge in [-0.2, -0.15) is 4.31 Å². The Bertz CT molecular complexity index is 784. The van der Waals surface area contributed by atoms with E-state index in [1.54, 1.807) is 23.4 Å². The second-order valence-electron chi connectivity index (χ2n) is 7.54. The molecule has 0 bridgehead atoms. The summed E-state index contributed by atoms with van der Waals surface area (Å²) in [5.74, 6) is 0.0683. The second kappa shape index (κ2) is 7.84. The highest BCUT2D eigenvalue weighted by molar-refractivity contribution is 7.89. The molecule has 2 N–H and O–H groups in total. The minimum absolute atomic E-state index is 0. The molecule has 0 spiro atoms. The molecular formula is C18H28ClN3O3S. The predicted octanol–water partition coefficient (Wildman–Crippen LogP) is 1.41. The van der Waals surface area contributed by atoms with Gasteiger partial charge in [-0.25, -0.2) is 8.42 Å². The summed E-state index contributed by atoms with van der Waals surface area (Å²) in [6, 6.07) is 5.41. The number of nitrogens with zero attached hydrogens (tertiary/aromatic N) is 2. The average molecular weight is 402 g/mol. The molecule has 1 amide bonds. The van der Waals surface area contributed by atoms with Gasteiger partial charge in [-0.05, 0) is 54.5 Å². The standard InChI is InChI=1S/C18H27N3O3S.ClH/c1-14(22)20-8-5-15-3-4-17(11-16(15)6-9-20)25(23,24)21-10-7-18(2,12-19)13-21;/h3-4,11H,5-10,12-13,19H2,1-2H3;1H. The molecule has 1 atom stereocenters. The van der Waals surface area contributed by atoms with E-state index in [-0.39, 0.29) is 23.7 Å². The number of sulfonamides is 1. The van der Waals surface area contributed by atoms with E-state index in [4.69, 9.17) is 5.73 Å². The number of benzene rings is 1. The molecule has 0 aromatic heterocycles. The number of halogens is 1. The highest BCUT2D eigenvalue weighted by atomic mass is 35.5. The minimum Gasteiger partial charge on any atom is -0.342 e. The summed E-state index contributed by atoms with van der Waals surface area (Å²) in [6.45, 7) is 6.43. The first kappa shape index (κ1) is 21.2. The Morgan fingerprint density at radius 2 is 1.85 bits per heavy atom. The van der Waals surface area contributed by atoms with Gasteiger partial charge in [-0.1, -0.05) is 13.0 Å². The van der Waals surface area contributed by atoms with Crippen molar-refractivity contribution in [3.05, 3.63) is 29.3 Å². The summed E-state index contributed by atoms with van der Waals surface area (Å²) in [5.41, 5.74) is 7.83. The van der Waals surface area contributed by atoms with Crippen molar-refractivity contribution >= 4 is 28.3 Å². The van der Waals surface area contributed by atoms with E-state index >= 15 is 0 Å². The lowest BCUT2D eigenvalue weighted by Gasteiger charge is -2.22. The molecule has 146 valence electrons. The van der Waals surface area contributed by atoms with Crippen molar-refractivity contribution in [2.75, 3.05) is 32.7 Å². The van der Waals surface area contributed by atoms with Crippen LogP contribution in [0.1, 0.15) is 31.4 Å². The zero-order chi connectivity index (χ0) is 18.2. The van der Waals surface area contributed by atoms with Crippen LogP contribution in [0.3, 0.4) is 0 Å². The summed E-state index contributed by atoms with van der Waals surface area (Å²) in [5, 5.41) is 0. The lowest BCUT2D eigenvalue weighted by atomic mass is 9.90. The molecule has 0 saturated carbocycles. The fourth-order valence-electron chi connectivity index (χ4n) is 3.68. The van der Waals surface area contributed by atoms with Crippen LogP contribution < -0.4 is 5.73 Å². The van der Waals surface area contributed by atoms with E-state index in [9.17, 15) is 13.2 Å². The average Bonchev–Trinajstić information content (AvgIpc) is 2.86. The van der Waals surface area contributed by atoms with Crippen LogP contribution in [0.4, 0.5) is 0 Å². The molecular weight excluding hydrogens is 374 g/mol. The number of nitrogens with two attached hydrogens (primary N) is 1. The number of hydrogen-bond donors (Lipinski definition) is 1. The largest absolute Gasteiger partial charge is 0.342 e. The van der Waals surface area contributed by atoms with Crippen molar-refractivity contribution in [1.82, 2.24) is 9.21 Å². The van der Waals surface area contributed by atoms with Gasteiger partial charge >= 0.3 is 0 Å². The van der Waals surface area contributed by atoms with Gasteiger partial charge in [0, 0.05) is 33.1 Å². The molecule has 8 heteroatoms. The summed E-state index contributed by atoms with van der Waals surface area (Å²) in [6.07, 6.45) is 2.25. The molecule has 1 unspecified atom stereocenters. The molecule has 3 rings (SSSR count). The van der Waals surface area contributed by atoms with Gasteiger partial charge in [0.05, 0.1) is 4.90 Å². The van der Waals surface area contributed by atoms with Gasteiger partial charge in [0.15, 0.2) is 0 Å². The Kier molecular flexibility index (Phi) is 6.38. The first-order chi connectivity index (χ1) is 11.7. The lowest BCUT2D eigenvalue weighted by molar-refractivity contribution is -0.128. The van der Waals surface area contributed by atoms with Crippen molar-refractivity contribution in [2.24, 2.45) is 11.1 Å². The van der Waals surface area contributed by atoms with Gasteiger partial charge in [0.25, 0.3) is 0 Å². The van der Waals surface area contributed by atoms with E-state index < -0.39 is 10.0 Å². The van der Waals surface area contributed by atoms with Crippen molar-refractivity contribution in [3.8, 4) is 0 Å². The second-order valence-corrected chi connectivity index (χ2v) is 9.48. The number of rotatable bonds is 3. The van der Waals surface area contributed by atoms with Gasteiger partial charge in [0.2, 0.25) is 15.9 Å². The highest BCUT2D eigenvalue weighted by Crippen LogP contribution is 2.33. The van der Waals surface area contributed by atoms with Crippen LogP contribution in [0.5, 0.6) is 0 Å². The lowest BCUT2D eigenvalue weighted by Crippen LogP contribution is -2.34. The fourth-order valence-corrected chi connectivity index (χ4v) is 5.32. The zero-order valence-electron chi connectivity index (χ0n) is 15.4. The Hall–Kier alpha value is -1.15. The molecule has 6 nitrogen and oxygen atoms in total. The number of fused-ring (bicyclic) bond motifs is 1. The SMILES string of the molecule is CC(=O)N1CCc2ccc(S(=O)(=O)N3CCC(C)(CN)C3)cc2CC1.Cl. The molecule has 0 aliphatic carbocycles. The van der Waals surface area contributed by atoms with Crippen molar-refractivity contribution in [2.45, 2.75) is 38.0 Å². The van der Waals surface area contributed by atoms with Crippen molar-refractivity contribution in [1.29, 1.82) is 0 Å². The molecule has 1 aromatic rings. The highest BCUT2D eigenvalue weighted by Gasteiger charge is 2.39. The molecule has 26 heavy (non-hydrogen) atoms. The quantitative estimate of drug-likeness (QED) is 0.830. The maximum absolute atomic E-state index is 13.0. The molecule has 1 saturated heterocycles. The van der Waals surface area contributed by atoms with Crippen LogP contribution in [0.2, 0.25) is 0 Å². The smallest absolute Gasteiger partial charge is 0.243 e. The van der Waals surface area contributed by atoms with E-state index in [1.165, 1.54) is 0 Å². The van der Waals surface area contributed by atoms with Crippen LogP contribution >= 0.6 is 12.4 Å². The zero-order valence-corrected chi connectivity index (χ0v) is 17.0. The maximum Gasteiger partial charge on any atom is 0.243 e. The van der Waals surface area contributed by atoms with Crippen LogP contribution in [-0.4, -0.2) is 56.3 Å². The number of carbonyl (C=O) groups excluding carboxylic acids is 1. The van der Waals surface area contributed by atoms with Gasteiger partial charge in [0.1, 0.15) is 0 Å². The summed E-state index contributed by atoms with van der Waals surface area (Å²) < 4.78 is 27.6. The molecule has 2 aliphatic rings. The Morgan fingerprint density at radius 1 is 1.19 bits per heavy atom. The van der Waals surface area contributed by atoms with E-state index in [0.717, 1.165) is 24.0 Å². The van der Waals surface area contributed by atoms with Gasteiger partial charge in [-0.3, -0.25) is 4.79 Å². The number of amides is 1. The normalized spacial score (nSPS) is 23.9. The molecule has 1 fully saturated rings. The maximum atomic E-state index is 13.0. The third-order valence-corrected chi connectivity index (χ3v) is 7.42. The Balaban J connectivity index is 0.00000243. The summed E-state index contributed by atoms with van der Waals surface area (Å²) in [4.78, 5) is 13.8. The van der Waals surface area contributed by atoms with Crippen molar-refractivity contribution < 1.29 is 13.2 Å². The van der Waals surface area contributed by atoms with E-state index in [0.29, 0.717) is 44.0 Å². The first-order valence-electron chi connectivity index (χ1n) is 8.83. The van der Waals surface area contributed by atoms with Crippen LogP contribution in [0.15, 0.2) is 23.1 Å². The van der Waals surface area contributed by atoms with E-state index in [2.05, 4.69) is 0 Å².